The van der Waals surface area contributed by atoms with E-state index in [9.17, 15) is 19.2 Å². The molecule has 0 aliphatic carbocycles. The van der Waals surface area contributed by atoms with Crippen LogP contribution in [0.2, 0.25) is 0 Å². The highest BCUT2D eigenvalue weighted by molar-refractivity contribution is 6.00. The van der Waals surface area contributed by atoms with Crippen LogP contribution in [-0.4, -0.2) is 56.7 Å². The lowest BCUT2D eigenvalue weighted by Crippen LogP contribution is -2.44. The Morgan fingerprint density at radius 2 is 1.76 bits per heavy atom. The number of aromatic nitrogens is 2. The number of carbonyl (C=O) groups excluding carboxylic acids is 3. The summed E-state index contributed by atoms with van der Waals surface area (Å²) in [5.74, 6) is -0.162. The Morgan fingerprint density at radius 3 is 2.39 bits per heavy atom. The van der Waals surface area contributed by atoms with Crippen LogP contribution in [0.1, 0.15) is 52.5 Å². The molecule has 0 bridgehead atoms. The molecule has 2 aliphatic heterocycles. The number of ether oxygens (including phenoxy) is 2. The van der Waals surface area contributed by atoms with E-state index in [1.54, 1.807) is 30.1 Å². The maximum Gasteiger partial charge on any atom is 0.410 e. The number of nitrogens with one attached hydrogen (secondary N) is 1. The van der Waals surface area contributed by atoms with Gasteiger partial charge in [0.15, 0.2) is 0 Å². The average molecular weight is 459 g/mol. The second kappa shape index (κ2) is 8.57. The first-order valence-electron chi connectivity index (χ1n) is 11.2. The number of amides is 3. The standard InChI is InChI=1S/C23H30N4O6/c1-23(2,3)33-22(31)26-11-9-14(10-12-26)32-15-5-6-16-18(13-15)25(4)21(30)27(16)17-7-8-19(28)24-20(17)29/h5-6,13-14,17H,7-12H2,1-4H3,(H,24,28,29). The molecule has 1 N–H and O–H groups in total. The fraction of sp³-hybridized carbons (Fsp3) is 0.565. The van der Waals surface area contributed by atoms with Gasteiger partial charge in [-0.25, -0.2) is 9.59 Å². The smallest absolute Gasteiger partial charge is 0.410 e. The molecule has 1 unspecified atom stereocenters. The van der Waals surface area contributed by atoms with Crippen molar-refractivity contribution in [3.63, 3.8) is 0 Å². The summed E-state index contributed by atoms with van der Waals surface area (Å²) in [6.45, 7) is 6.63. The maximum atomic E-state index is 12.9. The minimum Gasteiger partial charge on any atom is -0.490 e. The Morgan fingerprint density at radius 1 is 1.06 bits per heavy atom. The van der Waals surface area contributed by atoms with Crippen molar-refractivity contribution in [2.45, 2.75) is 64.2 Å². The molecule has 2 aromatic rings. The number of likely N-dealkylation sites (tertiary alicyclic amines) is 1. The summed E-state index contributed by atoms with van der Waals surface area (Å²) in [5.41, 5.74) is 0.417. The van der Waals surface area contributed by atoms with Gasteiger partial charge in [0.25, 0.3) is 0 Å². The van der Waals surface area contributed by atoms with Crippen LogP contribution in [0.5, 0.6) is 5.75 Å². The number of imide groups is 1. The van der Waals surface area contributed by atoms with E-state index >= 15 is 0 Å². The fourth-order valence-corrected chi connectivity index (χ4v) is 4.32. The van der Waals surface area contributed by atoms with E-state index in [0.717, 1.165) is 0 Å². The van der Waals surface area contributed by atoms with Crippen molar-refractivity contribution in [2.24, 2.45) is 7.05 Å². The average Bonchev–Trinajstić information content (AvgIpc) is 2.98. The molecule has 10 heteroatoms. The SMILES string of the molecule is Cn1c(=O)n(C2CCC(=O)NC2=O)c2ccc(OC3CCN(C(=O)OC(C)(C)C)CC3)cc21. The molecule has 0 radical (unpaired) electrons. The number of rotatable bonds is 3. The zero-order chi connectivity index (χ0) is 23.9. The van der Waals surface area contributed by atoms with E-state index in [-0.39, 0.29) is 36.6 Å². The monoisotopic (exact) mass is 458 g/mol. The lowest BCUT2D eigenvalue weighted by Gasteiger charge is -2.33. The molecule has 10 nitrogen and oxygen atoms in total. The number of nitrogens with zero attached hydrogens (tertiary/aromatic N) is 3. The summed E-state index contributed by atoms with van der Waals surface area (Å²) in [4.78, 5) is 50.6. The van der Waals surface area contributed by atoms with Gasteiger partial charge in [0.2, 0.25) is 11.8 Å². The van der Waals surface area contributed by atoms with Crippen LogP contribution >= 0.6 is 0 Å². The lowest BCUT2D eigenvalue weighted by atomic mass is 10.1. The first-order valence-corrected chi connectivity index (χ1v) is 11.2. The summed E-state index contributed by atoms with van der Waals surface area (Å²) >= 11 is 0. The first kappa shape index (κ1) is 22.9. The molecule has 1 aromatic carbocycles. The Labute approximate surface area is 191 Å². The van der Waals surface area contributed by atoms with E-state index < -0.39 is 17.6 Å². The van der Waals surface area contributed by atoms with Crippen molar-refractivity contribution in [3.05, 3.63) is 28.7 Å². The molecule has 3 heterocycles. The Bertz CT molecular complexity index is 1150. The number of fused-ring (bicyclic) bond motifs is 1. The minimum absolute atomic E-state index is 0.0598. The van der Waals surface area contributed by atoms with Gasteiger partial charge in [-0.15, -0.1) is 0 Å². The molecular weight excluding hydrogens is 428 g/mol. The topological polar surface area (TPSA) is 112 Å². The van der Waals surface area contributed by atoms with Crippen molar-refractivity contribution in [1.29, 1.82) is 0 Å². The van der Waals surface area contributed by atoms with Gasteiger partial charge in [-0.1, -0.05) is 0 Å². The highest BCUT2D eigenvalue weighted by atomic mass is 16.6. The molecule has 1 aromatic heterocycles. The fourth-order valence-electron chi connectivity index (χ4n) is 4.32. The molecule has 2 fully saturated rings. The predicted octanol–water partition coefficient (Wildman–Crippen LogP) is 2.10. The van der Waals surface area contributed by atoms with Gasteiger partial charge in [0.1, 0.15) is 23.5 Å². The lowest BCUT2D eigenvalue weighted by molar-refractivity contribution is -0.135. The van der Waals surface area contributed by atoms with Crippen molar-refractivity contribution in [3.8, 4) is 5.75 Å². The van der Waals surface area contributed by atoms with E-state index in [1.165, 1.54) is 9.13 Å². The van der Waals surface area contributed by atoms with Crippen LogP contribution in [-0.2, 0) is 21.4 Å². The van der Waals surface area contributed by atoms with Crippen LogP contribution in [0.3, 0.4) is 0 Å². The van der Waals surface area contributed by atoms with Gasteiger partial charge in [0.05, 0.1) is 11.0 Å². The number of hydrogen-bond acceptors (Lipinski definition) is 6. The van der Waals surface area contributed by atoms with Gasteiger partial charge in [-0.2, -0.15) is 0 Å². The highest BCUT2D eigenvalue weighted by Crippen LogP contribution is 2.27. The number of aryl methyl sites for hydroxylation is 1. The number of carbonyl (C=O) groups is 3. The number of benzene rings is 1. The summed E-state index contributed by atoms with van der Waals surface area (Å²) < 4.78 is 14.5. The summed E-state index contributed by atoms with van der Waals surface area (Å²) in [6, 6.07) is 4.62. The van der Waals surface area contributed by atoms with Crippen molar-refractivity contribution in [1.82, 2.24) is 19.4 Å². The summed E-state index contributed by atoms with van der Waals surface area (Å²) in [5, 5.41) is 2.31. The van der Waals surface area contributed by atoms with Crippen molar-refractivity contribution in [2.75, 3.05) is 13.1 Å². The molecular formula is C23H30N4O6. The predicted molar refractivity (Wildman–Crippen MR) is 120 cm³/mol. The van der Waals surface area contributed by atoms with Crippen LogP contribution in [0.4, 0.5) is 4.79 Å². The molecule has 0 saturated carbocycles. The number of hydrogen-bond donors (Lipinski definition) is 1. The van der Waals surface area contributed by atoms with Crippen LogP contribution in [0, 0.1) is 0 Å². The van der Waals surface area contributed by atoms with E-state index in [2.05, 4.69) is 5.32 Å². The molecule has 3 amide bonds. The maximum absolute atomic E-state index is 12.9. The molecule has 1 atom stereocenters. The zero-order valence-electron chi connectivity index (χ0n) is 19.4. The first-order chi connectivity index (χ1) is 15.5. The number of imidazole rings is 1. The van der Waals surface area contributed by atoms with E-state index in [4.69, 9.17) is 9.47 Å². The number of piperidine rings is 2. The molecule has 0 spiro atoms. The van der Waals surface area contributed by atoms with Gasteiger partial charge in [-0.05, 0) is 39.3 Å². The summed E-state index contributed by atoms with van der Waals surface area (Å²) in [7, 11) is 1.65. The molecule has 178 valence electrons. The summed E-state index contributed by atoms with van der Waals surface area (Å²) in [6.07, 6.45) is 1.46. The van der Waals surface area contributed by atoms with Gasteiger partial charge in [0, 0.05) is 45.5 Å². The molecule has 2 saturated heterocycles. The van der Waals surface area contributed by atoms with E-state index in [1.807, 2.05) is 20.8 Å². The van der Waals surface area contributed by atoms with Crippen LogP contribution < -0.4 is 15.7 Å². The Hall–Kier alpha value is -3.30. The highest BCUT2D eigenvalue weighted by Gasteiger charge is 2.32. The largest absolute Gasteiger partial charge is 0.490 e. The minimum atomic E-state index is -0.720. The van der Waals surface area contributed by atoms with Crippen molar-refractivity contribution >= 4 is 28.9 Å². The molecule has 2 aliphatic rings. The molecule has 4 rings (SSSR count). The quantitative estimate of drug-likeness (QED) is 0.705. The van der Waals surface area contributed by atoms with Gasteiger partial charge in [-0.3, -0.25) is 24.0 Å². The zero-order valence-corrected chi connectivity index (χ0v) is 19.4. The van der Waals surface area contributed by atoms with Crippen LogP contribution in [0.25, 0.3) is 11.0 Å². The van der Waals surface area contributed by atoms with Gasteiger partial charge < -0.3 is 14.4 Å². The third-order valence-electron chi connectivity index (χ3n) is 5.98. The van der Waals surface area contributed by atoms with Crippen molar-refractivity contribution < 1.29 is 23.9 Å². The van der Waals surface area contributed by atoms with Crippen LogP contribution in [0.15, 0.2) is 23.0 Å². The normalized spacial score (nSPS) is 20.1. The van der Waals surface area contributed by atoms with Gasteiger partial charge >= 0.3 is 11.8 Å². The second-order valence-electron chi connectivity index (χ2n) is 9.61. The third-order valence-corrected chi connectivity index (χ3v) is 5.98. The third kappa shape index (κ3) is 4.74. The Balaban J connectivity index is 1.47. The molecule has 33 heavy (non-hydrogen) atoms. The Kier molecular flexibility index (Phi) is 5.94. The second-order valence-corrected chi connectivity index (χ2v) is 9.61. The van der Waals surface area contributed by atoms with E-state index in [0.29, 0.717) is 42.7 Å².